The van der Waals surface area contributed by atoms with Crippen LogP contribution in [0.4, 0.5) is 0 Å². The molecule has 0 aromatic rings. The van der Waals surface area contributed by atoms with Crippen LogP contribution >= 0.6 is 47.8 Å². The standard InChI is InChI=1S/C9H10Br3.Li/c10-7(11)8-4-9(12)5(8)2-1-3-6(8)9;/h5-6H,1-4H2;/q-1;+1. The Labute approximate surface area is 117 Å². The Kier molecular flexibility index (Phi) is 2.89. The average Bonchev–Trinajstić information content (AvgIpc) is 2.00. The molecule has 0 spiro atoms. The predicted octanol–water partition coefficient (Wildman–Crippen LogP) is 1.22. The molecule has 0 aromatic carbocycles. The summed E-state index contributed by atoms with van der Waals surface area (Å²) in [6, 6.07) is 0. The van der Waals surface area contributed by atoms with Crippen molar-refractivity contribution in [2.24, 2.45) is 17.3 Å². The van der Waals surface area contributed by atoms with Crippen molar-refractivity contribution in [2.75, 3.05) is 0 Å². The molecule has 4 bridgehead atoms. The molecule has 68 valence electrons. The van der Waals surface area contributed by atoms with Crippen molar-refractivity contribution in [1.29, 1.82) is 0 Å². The van der Waals surface area contributed by atoms with Crippen molar-refractivity contribution in [1.82, 2.24) is 0 Å². The maximum atomic E-state index is 3.92. The van der Waals surface area contributed by atoms with Gasteiger partial charge in [0.05, 0.1) is 0 Å². The van der Waals surface area contributed by atoms with Gasteiger partial charge in [-0.05, 0) is 11.8 Å². The van der Waals surface area contributed by atoms with Crippen molar-refractivity contribution in [3.05, 3.63) is 3.74 Å². The van der Waals surface area contributed by atoms with Crippen LogP contribution in [-0.2, 0) is 0 Å². The molecule has 13 heavy (non-hydrogen) atoms. The van der Waals surface area contributed by atoms with E-state index in [1.54, 1.807) is 0 Å². The Morgan fingerprint density at radius 1 is 1.15 bits per heavy atom. The van der Waals surface area contributed by atoms with Crippen LogP contribution in [0.2, 0.25) is 0 Å². The summed E-state index contributed by atoms with van der Waals surface area (Å²) in [4.78, 5) is 0. The predicted molar refractivity (Wildman–Crippen MR) is 60.6 cm³/mol. The smallest absolute Gasteiger partial charge is 0.304 e. The first kappa shape index (κ1) is 11.5. The van der Waals surface area contributed by atoms with E-state index in [-0.39, 0.29) is 18.9 Å². The minimum Gasteiger partial charge on any atom is -0.304 e. The zero-order valence-corrected chi connectivity index (χ0v) is 12.4. The van der Waals surface area contributed by atoms with Crippen LogP contribution in [0.25, 0.3) is 0 Å². The average molecular weight is 365 g/mol. The van der Waals surface area contributed by atoms with Crippen LogP contribution in [0, 0.1) is 21.0 Å². The van der Waals surface area contributed by atoms with Gasteiger partial charge >= 0.3 is 18.9 Å². The molecule has 4 saturated carbocycles. The van der Waals surface area contributed by atoms with Crippen molar-refractivity contribution < 1.29 is 18.9 Å². The first-order valence-electron chi connectivity index (χ1n) is 4.50. The van der Waals surface area contributed by atoms with Crippen LogP contribution in [0.1, 0.15) is 25.7 Å². The molecular formula is C9H10Br3Li. The first-order chi connectivity index (χ1) is 5.62. The molecule has 0 N–H and O–H groups in total. The largest absolute Gasteiger partial charge is 1.00 e. The molecule has 4 fully saturated rings. The van der Waals surface area contributed by atoms with E-state index in [4.69, 9.17) is 0 Å². The molecule has 0 saturated heterocycles. The van der Waals surface area contributed by atoms with Gasteiger partial charge in [0, 0.05) is 4.32 Å². The second kappa shape index (κ2) is 3.26. The zero-order chi connectivity index (χ0) is 8.56. The van der Waals surface area contributed by atoms with E-state index in [0.29, 0.717) is 9.74 Å². The second-order valence-corrected chi connectivity index (χ2v) is 8.57. The van der Waals surface area contributed by atoms with Gasteiger partial charge in [-0.25, -0.2) is 0 Å². The minimum absolute atomic E-state index is 0. The van der Waals surface area contributed by atoms with Gasteiger partial charge in [-0.3, -0.25) is 0 Å². The number of hydrogen-bond acceptors (Lipinski definition) is 0. The third-order valence-electron chi connectivity index (χ3n) is 4.30. The molecule has 0 radical (unpaired) electrons. The van der Waals surface area contributed by atoms with Gasteiger partial charge in [-0.1, -0.05) is 41.6 Å². The van der Waals surface area contributed by atoms with Gasteiger partial charge in [-0.15, -0.1) is 5.41 Å². The summed E-state index contributed by atoms with van der Waals surface area (Å²) in [6.07, 6.45) is 5.63. The van der Waals surface area contributed by atoms with E-state index in [2.05, 4.69) is 47.8 Å². The van der Waals surface area contributed by atoms with E-state index in [1.807, 2.05) is 0 Å². The van der Waals surface area contributed by atoms with Crippen molar-refractivity contribution in [3.8, 4) is 0 Å². The van der Waals surface area contributed by atoms with E-state index in [9.17, 15) is 0 Å². The Morgan fingerprint density at radius 2 is 1.69 bits per heavy atom. The van der Waals surface area contributed by atoms with Crippen LogP contribution in [-0.4, -0.2) is 4.32 Å². The molecule has 4 rings (SSSR count). The maximum absolute atomic E-state index is 3.92. The van der Waals surface area contributed by atoms with Crippen molar-refractivity contribution >= 4 is 47.8 Å². The SMILES string of the molecule is Br[C-](Br)C12CC3(Br)C1CCCC32.[Li+]. The summed E-state index contributed by atoms with van der Waals surface area (Å²) < 4.78 is 1.89. The van der Waals surface area contributed by atoms with E-state index >= 15 is 0 Å². The zero-order valence-electron chi connectivity index (χ0n) is 7.62. The van der Waals surface area contributed by atoms with Gasteiger partial charge < -0.3 is 31.9 Å². The molecule has 0 aromatic heterocycles. The molecule has 0 amide bonds. The topological polar surface area (TPSA) is 0 Å². The number of alkyl halides is 1. The summed E-state index contributed by atoms with van der Waals surface area (Å²) in [5.74, 6) is 1.83. The van der Waals surface area contributed by atoms with E-state index in [1.165, 1.54) is 29.4 Å². The Morgan fingerprint density at radius 3 is 2.00 bits per heavy atom. The number of rotatable bonds is 1. The molecule has 0 heterocycles. The van der Waals surface area contributed by atoms with Crippen molar-refractivity contribution in [2.45, 2.75) is 30.0 Å². The van der Waals surface area contributed by atoms with Gasteiger partial charge in [0.1, 0.15) is 0 Å². The number of halogens is 3. The maximum Gasteiger partial charge on any atom is 1.00 e. The molecule has 2 unspecified atom stereocenters. The summed E-state index contributed by atoms with van der Waals surface area (Å²) in [6.45, 7) is 0. The fourth-order valence-corrected chi connectivity index (χ4v) is 6.90. The third kappa shape index (κ3) is 1.05. The first-order valence-corrected chi connectivity index (χ1v) is 6.87. The van der Waals surface area contributed by atoms with Crippen molar-refractivity contribution in [3.63, 3.8) is 0 Å². The fraction of sp³-hybridized carbons (Fsp3) is 0.889. The van der Waals surface area contributed by atoms with Crippen LogP contribution in [0.5, 0.6) is 0 Å². The van der Waals surface area contributed by atoms with E-state index < -0.39 is 0 Å². The normalized spacial score (nSPS) is 56.3. The molecule has 4 heteroatoms. The molecule has 4 aliphatic carbocycles. The minimum atomic E-state index is 0. The number of hydrogen-bond donors (Lipinski definition) is 0. The monoisotopic (exact) mass is 362 g/mol. The summed E-state index contributed by atoms with van der Waals surface area (Å²) in [7, 11) is 0. The Bertz CT molecular complexity index is 229. The molecule has 4 aliphatic rings. The van der Waals surface area contributed by atoms with Crippen LogP contribution in [0.15, 0.2) is 0 Å². The van der Waals surface area contributed by atoms with E-state index in [0.717, 1.165) is 11.8 Å². The summed E-state index contributed by atoms with van der Waals surface area (Å²) in [5, 5.41) is 0. The van der Waals surface area contributed by atoms with Gasteiger partial charge in [-0.2, -0.15) is 3.74 Å². The third-order valence-corrected chi connectivity index (χ3v) is 7.17. The molecule has 0 aliphatic heterocycles. The van der Waals surface area contributed by atoms with Gasteiger partial charge in [0.15, 0.2) is 0 Å². The van der Waals surface area contributed by atoms with Crippen LogP contribution in [0.3, 0.4) is 0 Å². The summed E-state index contributed by atoms with van der Waals surface area (Å²) in [5.41, 5.74) is 0.543. The molecular weight excluding hydrogens is 355 g/mol. The Balaban J connectivity index is 0.000000653. The Hall–Kier alpha value is 2.04. The molecule has 2 atom stereocenters. The quantitative estimate of drug-likeness (QED) is 0.373. The molecule has 0 nitrogen and oxygen atoms in total. The summed E-state index contributed by atoms with van der Waals surface area (Å²) >= 11 is 11.2. The fourth-order valence-electron chi connectivity index (χ4n) is 3.78. The van der Waals surface area contributed by atoms with Crippen LogP contribution < -0.4 is 18.9 Å². The van der Waals surface area contributed by atoms with Gasteiger partial charge in [0.25, 0.3) is 0 Å². The van der Waals surface area contributed by atoms with Gasteiger partial charge in [0.2, 0.25) is 0 Å². The second-order valence-electron chi connectivity index (χ2n) is 4.44.